The summed E-state index contributed by atoms with van der Waals surface area (Å²) in [5, 5.41) is 5.77. The number of urea groups is 1. The number of ether oxygens (including phenoxy) is 1. The van der Waals surface area contributed by atoms with Gasteiger partial charge in [0, 0.05) is 40.3 Å². The van der Waals surface area contributed by atoms with Crippen LogP contribution >= 0.6 is 11.3 Å². The Bertz CT molecular complexity index is 1030. The Balaban J connectivity index is 1.74. The summed E-state index contributed by atoms with van der Waals surface area (Å²) in [6.07, 6.45) is 2.37. The van der Waals surface area contributed by atoms with E-state index in [2.05, 4.69) is 22.5 Å². The number of hydrogen-bond donors (Lipinski definition) is 2. The summed E-state index contributed by atoms with van der Waals surface area (Å²) < 4.78 is 5.25. The van der Waals surface area contributed by atoms with Crippen LogP contribution < -0.4 is 15.5 Å². The standard InChI is InChI=1S/C22H30N6O3S/c1-12-18(32-22(24-12)26-21(30)23-3)16-10-15-11-28(13(2)14-6-7-14)20(29)17(15)19(25-16)27(4)8-9-31-5/h10,13-14H,6-9,11H2,1-5H3,(H2,23,24,26,30)/t13-/m0/s1. The van der Waals surface area contributed by atoms with Gasteiger partial charge >= 0.3 is 6.03 Å². The maximum atomic E-state index is 13.4. The Kier molecular flexibility index (Phi) is 6.34. The Hall–Kier alpha value is -2.72. The van der Waals surface area contributed by atoms with Crippen molar-refractivity contribution in [3.05, 3.63) is 22.9 Å². The first-order chi connectivity index (χ1) is 15.3. The van der Waals surface area contributed by atoms with E-state index in [9.17, 15) is 9.59 Å². The number of aryl methyl sites for hydroxylation is 1. The number of amides is 3. The van der Waals surface area contributed by atoms with Crippen LogP contribution in [0.15, 0.2) is 6.07 Å². The van der Waals surface area contributed by atoms with Crippen molar-refractivity contribution >= 4 is 34.2 Å². The lowest BCUT2D eigenvalue weighted by Gasteiger charge is -2.24. The molecule has 3 heterocycles. The lowest BCUT2D eigenvalue weighted by Crippen LogP contribution is -2.35. The van der Waals surface area contributed by atoms with E-state index in [4.69, 9.17) is 9.72 Å². The van der Waals surface area contributed by atoms with Crippen molar-refractivity contribution in [2.75, 3.05) is 44.6 Å². The predicted octanol–water partition coefficient (Wildman–Crippen LogP) is 3.10. The van der Waals surface area contributed by atoms with Crippen LogP contribution in [0.4, 0.5) is 15.7 Å². The van der Waals surface area contributed by atoms with E-state index >= 15 is 0 Å². The van der Waals surface area contributed by atoms with E-state index in [1.165, 1.54) is 24.2 Å². The van der Waals surface area contributed by atoms with Gasteiger partial charge in [-0.25, -0.2) is 14.8 Å². The second-order valence-electron chi connectivity index (χ2n) is 8.43. The number of aromatic nitrogens is 2. The summed E-state index contributed by atoms with van der Waals surface area (Å²) in [5.74, 6) is 1.32. The molecule has 2 aromatic heterocycles. The molecule has 1 saturated carbocycles. The Labute approximate surface area is 192 Å². The maximum Gasteiger partial charge on any atom is 0.320 e. The summed E-state index contributed by atoms with van der Waals surface area (Å²) in [6, 6.07) is 1.91. The minimum atomic E-state index is -0.317. The first-order valence-electron chi connectivity index (χ1n) is 10.9. The van der Waals surface area contributed by atoms with Crippen LogP contribution in [0.2, 0.25) is 0 Å². The van der Waals surface area contributed by atoms with Crippen molar-refractivity contribution in [3.63, 3.8) is 0 Å². The van der Waals surface area contributed by atoms with Crippen molar-refractivity contribution in [1.82, 2.24) is 20.2 Å². The number of hydrogen-bond acceptors (Lipinski definition) is 7. The zero-order chi connectivity index (χ0) is 23.0. The number of carbonyl (C=O) groups excluding carboxylic acids is 2. The summed E-state index contributed by atoms with van der Waals surface area (Å²) in [7, 11) is 5.16. The number of pyridine rings is 1. The minimum absolute atomic E-state index is 0.0562. The van der Waals surface area contributed by atoms with Gasteiger partial charge in [0.25, 0.3) is 5.91 Å². The van der Waals surface area contributed by atoms with Crippen LogP contribution in [0.3, 0.4) is 0 Å². The van der Waals surface area contributed by atoms with Gasteiger partial charge < -0.3 is 19.9 Å². The molecule has 172 valence electrons. The molecule has 1 fully saturated rings. The van der Waals surface area contributed by atoms with Crippen molar-refractivity contribution in [3.8, 4) is 10.6 Å². The highest BCUT2D eigenvalue weighted by atomic mass is 32.1. The van der Waals surface area contributed by atoms with Gasteiger partial charge in [-0.05, 0) is 44.2 Å². The molecule has 9 nitrogen and oxygen atoms in total. The van der Waals surface area contributed by atoms with Crippen LogP contribution in [0.25, 0.3) is 10.6 Å². The summed E-state index contributed by atoms with van der Waals surface area (Å²) in [6.45, 7) is 5.79. The lowest BCUT2D eigenvalue weighted by molar-refractivity contribution is 0.0697. The average Bonchev–Trinajstić information content (AvgIpc) is 3.49. The predicted molar refractivity (Wildman–Crippen MR) is 125 cm³/mol. The minimum Gasteiger partial charge on any atom is -0.383 e. The summed E-state index contributed by atoms with van der Waals surface area (Å²) >= 11 is 1.38. The quantitative estimate of drug-likeness (QED) is 0.631. The van der Waals surface area contributed by atoms with Gasteiger partial charge in [-0.3, -0.25) is 10.1 Å². The van der Waals surface area contributed by atoms with Crippen molar-refractivity contribution < 1.29 is 14.3 Å². The molecule has 0 bridgehead atoms. The first-order valence-corrected chi connectivity index (χ1v) is 11.7. The van der Waals surface area contributed by atoms with E-state index in [-0.39, 0.29) is 18.0 Å². The molecule has 2 aromatic rings. The molecule has 0 aromatic carbocycles. The lowest BCUT2D eigenvalue weighted by atomic mass is 10.1. The summed E-state index contributed by atoms with van der Waals surface area (Å²) in [5.41, 5.74) is 3.22. The molecule has 2 N–H and O–H groups in total. The van der Waals surface area contributed by atoms with Crippen molar-refractivity contribution in [2.24, 2.45) is 5.92 Å². The van der Waals surface area contributed by atoms with Gasteiger partial charge in [0.05, 0.1) is 28.4 Å². The third-order valence-electron chi connectivity index (χ3n) is 6.16. The molecule has 1 aliphatic heterocycles. The number of rotatable bonds is 8. The van der Waals surface area contributed by atoms with Gasteiger partial charge in [0.1, 0.15) is 5.82 Å². The molecular formula is C22H30N6O3S. The fourth-order valence-electron chi connectivity index (χ4n) is 4.08. The molecule has 1 atom stereocenters. The second kappa shape index (κ2) is 9.03. The first kappa shape index (κ1) is 22.5. The molecule has 0 radical (unpaired) electrons. The zero-order valence-electron chi connectivity index (χ0n) is 19.2. The SMILES string of the molecule is CNC(=O)Nc1nc(C)c(-c2cc3c(c(N(C)CCOC)n2)C(=O)N([C@@H](C)C2CC2)C3)s1. The van der Waals surface area contributed by atoms with E-state index in [1.807, 2.05) is 29.8 Å². The van der Waals surface area contributed by atoms with Crippen LogP contribution in [0.5, 0.6) is 0 Å². The van der Waals surface area contributed by atoms with Gasteiger partial charge in [0.2, 0.25) is 0 Å². The molecule has 10 heteroatoms. The number of anilines is 2. The zero-order valence-corrected chi connectivity index (χ0v) is 20.0. The van der Waals surface area contributed by atoms with Gasteiger partial charge in [-0.1, -0.05) is 11.3 Å². The van der Waals surface area contributed by atoms with Gasteiger partial charge in [-0.15, -0.1) is 0 Å². The highest BCUT2D eigenvalue weighted by Crippen LogP contribution is 2.41. The molecule has 1 aliphatic carbocycles. The third kappa shape index (κ3) is 4.29. The van der Waals surface area contributed by atoms with E-state index in [1.54, 1.807) is 14.2 Å². The number of thiazole rings is 1. The number of methoxy groups -OCH3 is 1. The fourth-order valence-corrected chi connectivity index (χ4v) is 5.00. The Morgan fingerprint density at radius 1 is 1.41 bits per heavy atom. The number of nitrogens with one attached hydrogen (secondary N) is 2. The van der Waals surface area contributed by atoms with Crippen molar-refractivity contribution in [2.45, 2.75) is 39.3 Å². The van der Waals surface area contributed by atoms with E-state index in [0.717, 1.165) is 21.8 Å². The maximum absolute atomic E-state index is 13.4. The summed E-state index contributed by atoms with van der Waals surface area (Å²) in [4.78, 5) is 39.3. The normalized spacial score (nSPS) is 16.2. The fraction of sp³-hybridized carbons (Fsp3) is 0.545. The average molecular weight is 459 g/mol. The monoisotopic (exact) mass is 458 g/mol. The topological polar surface area (TPSA) is 99.7 Å². The molecule has 2 aliphatic rings. The van der Waals surface area contributed by atoms with Crippen LogP contribution in [0.1, 0.15) is 41.4 Å². The molecule has 32 heavy (non-hydrogen) atoms. The van der Waals surface area contributed by atoms with E-state index in [0.29, 0.717) is 42.1 Å². The number of nitrogens with zero attached hydrogens (tertiary/aromatic N) is 4. The number of carbonyl (C=O) groups is 2. The van der Waals surface area contributed by atoms with Crippen molar-refractivity contribution in [1.29, 1.82) is 0 Å². The molecule has 3 amide bonds. The largest absolute Gasteiger partial charge is 0.383 e. The molecule has 0 unspecified atom stereocenters. The molecular weight excluding hydrogens is 428 g/mol. The Morgan fingerprint density at radius 3 is 2.81 bits per heavy atom. The third-order valence-corrected chi connectivity index (χ3v) is 7.26. The van der Waals surface area contributed by atoms with E-state index < -0.39 is 0 Å². The second-order valence-corrected chi connectivity index (χ2v) is 9.43. The van der Waals surface area contributed by atoms with Crippen LogP contribution in [-0.2, 0) is 11.3 Å². The molecule has 0 spiro atoms. The smallest absolute Gasteiger partial charge is 0.320 e. The molecule has 0 saturated heterocycles. The number of fused-ring (bicyclic) bond motifs is 1. The highest BCUT2D eigenvalue weighted by molar-refractivity contribution is 7.19. The molecule has 4 rings (SSSR count). The highest BCUT2D eigenvalue weighted by Gasteiger charge is 2.40. The number of likely N-dealkylation sites (N-methyl/N-ethyl adjacent to an activating group) is 1. The Morgan fingerprint density at radius 2 is 2.16 bits per heavy atom. The van der Waals surface area contributed by atoms with Gasteiger partial charge in [0.15, 0.2) is 5.13 Å². The van der Waals surface area contributed by atoms with Gasteiger partial charge in [-0.2, -0.15) is 0 Å². The van der Waals surface area contributed by atoms with Crippen LogP contribution in [-0.4, -0.2) is 67.2 Å². The van der Waals surface area contributed by atoms with Crippen LogP contribution in [0, 0.1) is 12.8 Å².